The van der Waals surface area contributed by atoms with Gasteiger partial charge in [-0.15, -0.1) is 0 Å². The van der Waals surface area contributed by atoms with Gasteiger partial charge in [0.2, 0.25) is 0 Å². The van der Waals surface area contributed by atoms with E-state index in [1.54, 1.807) is 30.3 Å². The zero-order valence-corrected chi connectivity index (χ0v) is 15.5. The highest BCUT2D eigenvalue weighted by molar-refractivity contribution is 6.32. The van der Waals surface area contributed by atoms with E-state index in [0.29, 0.717) is 22.7 Å². The molecule has 0 atom stereocenters. The van der Waals surface area contributed by atoms with E-state index in [4.69, 9.17) is 21.8 Å². The van der Waals surface area contributed by atoms with E-state index in [1.165, 1.54) is 0 Å². The molecule has 0 saturated heterocycles. The Balaban J connectivity index is 1.71. The van der Waals surface area contributed by atoms with Crippen LogP contribution in [0.15, 0.2) is 36.4 Å². The predicted octanol–water partition coefficient (Wildman–Crippen LogP) is 1.81. The minimum Gasteiger partial charge on any atom is -0.394 e. The van der Waals surface area contributed by atoms with E-state index < -0.39 is 6.04 Å². The fraction of sp³-hybridized carbons (Fsp3) is 0.200. The van der Waals surface area contributed by atoms with Crippen molar-refractivity contribution in [3.63, 3.8) is 0 Å². The third-order valence-electron chi connectivity index (χ3n) is 4.86. The Hall–Kier alpha value is -2.87. The molecule has 4 rings (SSSR count). The molecule has 0 aliphatic carbocycles. The molecule has 0 radical (unpaired) electrons. The van der Waals surface area contributed by atoms with Crippen molar-refractivity contribution in [2.45, 2.75) is 12.6 Å². The second-order valence-electron chi connectivity index (χ2n) is 6.65. The zero-order chi connectivity index (χ0) is 19.8. The maximum absolute atomic E-state index is 12.3. The third kappa shape index (κ3) is 3.13. The minimum atomic E-state index is -0.708. The molecule has 2 heterocycles. The van der Waals surface area contributed by atoms with Gasteiger partial charge >= 0.3 is 0 Å². The van der Waals surface area contributed by atoms with Gasteiger partial charge in [-0.05, 0) is 30.3 Å². The van der Waals surface area contributed by atoms with Crippen LogP contribution in [0.2, 0.25) is 5.02 Å². The summed E-state index contributed by atoms with van der Waals surface area (Å²) in [6, 6.07) is 9.88. The van der Waals surface area contributed by atoms with E-state index in [2.05, 4.69) is 15.6 Å². The van der Waals surface area contributed by atoms with Crippen molar-refractivity contribution in [3.8, 4) is 11.3 Å². The molecule has 1 aromatic heterocycles. The lowest BCUT2D eigenvalue weighted by molar-refractivity contribution is 0.0879. The number of aromatic amines is 1. The average molecular weight is 400 g/mol. The largest absolute Gasteiger partial charge is 0.394 e. The second kappa shape index (κ2) is 7.27. The summed E-state index contributed by atoms with van der Waals surface area (Å²) in [4.78, 5) is 27.8. The summed E-state index contributed by atoms with van der Waals surface area (Å²) in [5.41, 5.74) is 4.06. The van der Waals surface area contributed by atoms with Gasteiger partial charge in [0.1, 0.15) is 0 Å². The number of amides is 2. The molecule has 0 unspecified atom stereocenters. The lowest BCUT2D eigenvalue weighted by Crippen LogP contribution is -2.40. The highest BCUT2D eigenvalue weighted by Gasteiger charge is 2.26. The summed E-state index contributed by atoms with van der Waals surface area (Å²) in [6.07, 6.45) is 0. The third-order valence-corrected chi connectivity index (χ3v) is 5.21. The van der Waals surface area contributed by atoms with Crippen LogP contribution >= 0.6 is 11.6 Å². The molecular formula is C20H18ClN3O4. The Morgan fingerprint density at radius 3 is 2.71 bits per heavy atom. The normalized spacial score (nSPS) is 13.1. The van der Waals surface area contributed by atoms with Gasteiger partial charge in [0.15, 0.2) is 0 Å². The SMILES string of the molecule is O=C(NC(CO)CO)c1ccc2[nH]c(-c3ccc(Cl)c4c3C(=O)NC4)cc2c1. The van der Waals surface area contributed by atoms with Gasteiger partial charge in [-0.25, -0.2) is 0 Å². The molecule has 0 saturated carbocycles. The van der Waals surface area contributed by atoms with Crippen LogP contribution in [0.4, 0.5) is 0 Å². The first kappa shape index (κ1) is 18.5. The lowest BCUT2D eigenvalue weighted by Gasteiger charge is -2.13. The fourth-order valence-corrected chi connectivity index (χ4v) is 3.60. The first-order valence-electron chi connectivity index (χ1n) is 8.77. The maximum atomic E-state index is 12.3. The molecule has 144 valence electrons. The first-order chi connectivity index (χ1) is 13.5. The summed E-state index contributed by atoms with van der Waals surface area (Å²) in [5.74, 6) is -0.546. The summed E-state index contributed by atoms with van der Waals surface area (Å²) < 4.78 is 0. The van der Waals surface area contributed by atoms with E-state index in [1.807, 2.05) is 6.07 Å². The molecule has 5 N–H and O–H groups in total. The van der Waals surface area contributed by atoms with Crippen LogP contribution in [-0.4, -0.2) is 46.3 Å². The number of aliphatic hydroxyl groups excluding tert-OH is 2. The Labute approximate surface area is 165 Å². The number of hydrogen-bond acceptors (Lipinski definition) is 4. The number of carbonyl (C=O) groups excluding carboxylic acids is 2. The molecule has 3 aromatic rings. The minimum absolute atomic E-state index is 0.162. The number of fused-ring (bicyclic) bond motifs is 2. The highest BCUT2D eigenvalue weighted by atomic mass is 35.5. The van der Waals surface area contributed by atoms with Crippen LogP contribution in [0.3, 0.4) is 0 Å². The van der Waals surface area contributed by atoms with Gasteiger partial charge in [0, 0.05) is 44.9 Å². The molecule has 8 heteroatoms. The van der Waals surface area contributed by atoms with Crippen LogP contribution < -0.4 is 10.6 Å². The summed E-state index contributed by atoms with van der Waals surface area (Å²) >= 11 is 6.21. The average Bonchev–Trinajstić information content (AvgIpc) is 3.30. The van der Waals surface area contributed by atoms with Gasteiger partial charge in [-0.2, -0.15) is 0 Å². The molecule has 1 aliphatic heterocycles. The van der Waals surface area contributed by atoms with Gasteiger partial charge < -0.3 is 25.8 Å². The molecule has 0 bridgehead atoms. The van der Waals surface area contributed by atoms with Gasteiger partial charge in [0.25, 0.3) is 11.8 Å². The Bertz CT molecular complexity index is 1090. The molecule has 2 amide bonds. The smallest absolute Gasteiger partial charge is 0.252 e. The van der Waals surface area contributed by atoms with Crippen molar-refractivity contribution in [3.05, 3.63) is 58.1 Å². The maximum Gasteiger partial charge on any atom is 0.252 e. The first-order valence-corrected chi connectivity index (χ1v) is 9.15. The molecule has 0 fully saturated rings. The lowest BCUT2D eigenvalue weighted by atomic mass is 10.0. The number of hydrogen-bond donors (Lipinski definition) is 5. The number of H-pyrrole nitrogens is 1. The summed E-state index contributed by atoms with van der Waals surface area (Å²) in [5, 5.41) is 24.9. The topological polar surface area (TPSA) is 114 Å². The van der Waals surface area contributed by atoms with Crippen molar-refractivity contribution >= 4 is 34.3 Å². The van der Waals surface area contributed by atoms with Crippen LogP contribution in [-0.2, 0) is 6.54 Å². The monoisotopic (exact) mass is 399 g/mol. The number of aromatic nitrogens is 1. The van der Waals surface area contributed by atoms with Crippen LogP contribution in [0.5, 0.6) is 0 Å². The van der Waals surface area contributed by atoms with E-state index >= 15 is 0 Å². The molecule has 2 aromatic carbocycles. The van der Waals surface area contributed by atoms with Crippen molar-refractivity contribution in [1.82, 2.24) is 15.6 Å². The second-order valence-corrected chi connectivity index (χ2v) is 7.06. The Morgan fingerprint density at radius 2 is 1.96 bits per heavy atom. The number of benzene rings is 2. The van der Waals surface area contributed by atoms with Gasteiger partial charge in [-0.1, -0.05) is 17.7 Å². The number of aliphatic hydroxyl groups is 2. The molecule has 1 aliphatic rings. The van der Waals surface area contributed by atoms with Crippen LogP contribution in [0.1, 0.15) is 26.3 Å². The summed E-state index contributed by atoms with van der Waals surface area (Å²) in [6.45, 7) is -0.284. The number of carbonyl (C=O) groups is 2. The zero-order valence-electron chi connectivity index (χ0n) is 14.8. The predicted molar refractivity (Wildman–Crippen MR) is 105 cm³/mol. The van der Waals surface area contributed by atoms with Crippen molar-refractivity contribution in [1.29, 1.82) is 0 Å². The standard InChI is InChI=1S/C20H18ClN3O4/c21-15-3-2-13(18-14(15)7-22-20(18)28)17-6-11-5-10(1-4-16(11)24-17)19(27)23-12(8-25)9-26/h1-6,12,24-26H,7-9H2,(H,22,28)(H,23,27). The van der Waals surface area contributed by atoms with Crippen molar-refractivity contribution in [2.75, 3.05) is 13.2 Å². The van der Waals surface area contributed by atoms with E-state index in [0.717, 1.165) is 27.7 Å². The quantitative estimate of drug-likeness (QED) is 0.450. The Kier molecular flexibility index (Phi) is 4.80. The highest BCUT2D eigenvalue weighted by Crippen LogP contribution is 2.34. The van der Waals surface area contributed by atoms with Crippen molar-refractivity contribution in [2.24, 2.45) is 0 Å². The number of nitrogens with one attached hydrogen (secondary N) is 3. The molecule has 7 nitrogen and oxygen atoms in total. The Morgan fingerprint density at radius 1 is 1.18 bits per heavy atom. The van der Waals surface area contributed by atoms with Crippen molar-refractivity contribution < 1.29 is 19.8 Å². The summed E-state index contributed by atoms with van der Waals surface area (Å²) in [7, 11) is 0. The van der Waals surface area contributed by atoms with E-state index in [-0.39, 0.29) is 25.0 Å². The molecule has 0 spiro atoms. The molecule has 28 heavy (non-hydrogen) atoms. The van der Waals surface area contributed by atoms with Crippen LogP contribution in [0, 0.1) is 0 Å². The molecular weight excluding hydrogens is 382 g/mol. The number of halogens is 1. The van der Waals surface area contributed by atoms with Crippen LogP contribution in [0.25, 0.3) is 22.2 Å². The van der Waals surface area contributed by atoms with Gasteiger partial charge in [-0.3, -0.25) is 9.59 Å². The number of rotatable bonds is 5. The fourth-order valence-electron chi connectivity index (χ4n) is 3.37. The van der Waals surface area contributed by atoms with E-state index in [9.17, 15) is 9.59 Å². The van der Waals surface area contributed by atoms with Gasteiger partial charge in [0.05, 0.1) is 24.8 Å².